The molecule has 4 rings (SSSR count). The van der Waals surface area contributed by atoms with Crippen molar-refractivity contribution >= 4 is 10.9 Å². The lowest BCUT2D eigenvalue weighted by Crippen LogP contribution is -2.23. The Bertz CT molecular complexity index is 1270. The van der Waals surface area contributed by atoms with E-state index in [4.69, 9.17) is 0 Å². The molecule has 0 fully saturated rings. The fourth-order valence-electron chi connectivity index (χ4n) is 3.27. The summed E-state index contributed by atoms with van der Waals surface area (Å²) in [6.07, 6.45) is -1.88. The first-order valence-electron chi connectivity index (χ1n) is 8.93. The zero-order chi connectivity index (χ0) is 21.5. The third-order valence-electron chi connectivity index (χ3n) is 4.60. The molecule has 0 bridgehead atoms. The Kier molecular flexibility index (Phi) is 4.73. The number of halogens is 3. The molecule has 2 aromatic heterocycles. The number of benzene rings is 2. The quantitative estimate of drug-likeness (QED) is 0.544. The van der Waals surface area contributed by atoms with E-state index >= 15 is 0 Å². The van der Waals surface area contributed by atoms with Gasteiger partial charge in [-0.25, -0.2) is 9.36 Å². The normalized spacial score (nSPS) is 11.7. The van der Waals surface area contributed by atoms with Crippen molar-refractivity contribution < 1.29 is 23.0 Å². The molecule has 30 heavy (non-hydrogen) atoms. The van der Waals surface area contributed by atoms with Gasteiger partial charge in [0.25, 0.3) is 0 Å². The van der Waals surface area contributed by atoms with Crippen molar-refractivity contribution in [1.82, 2.24) is 14.1 Å². The van der Waals surface area contributed by atoms with Gasteiger partial charge in [0.15, 0.2) is 0 Å². The average molecular weight is 415 g/mol. The van der Waals surface area contributed by atoms with Gasteiger partial charge in [0.2, 0.25) is 5.88 Å². The van der Waals surface area contributed by atoms with Crippen molar-refractivity contribution in [3.63, 3.8) is 0 Å². The highest BCUT2D eigenvalue weighted by atomic mass is 19.4. The van der Waals surface area contributed by atoms with Crippen molar-refractivity contribution in [2.45, 2.75) is 19.8 Å². The van der Waals surface area contributed by atoms with Gasteiger partial charge in [-0.1, -0.05) is 12.1 Å². The maximum absolute atomic E-state index is 12.8. The molecule has 6 nitrogen and oxygen atoms in total. The Morgan fingerprint density at radius 3 is 2.53 bits per heavy atom. The molecule has 0 spiro atoms. The predicted molar refractivity (Wildman–Crippen MR) is 104 cm³/mol. The average Bonchev–Trinajstić information content (AvgIpc) is 2.94. The molecule has 0 radical (unpaired) electrons. The fraction of sp³-hybridized carbons (Fsp3) is 0.143. The standard InChI is InChI=1S/C21H16F3N3O3/c1-13-2-7-17-14(8-9-25-18(17)10-13)11-26-12-19(28)27(20(26)29)15-3-5-16(6-4-15)30-21(22,23)24/h2-10,12,28H,11H2,1H3. The SMILES string of the molecule is Cc1ccc2c(Cn3cc(O)n(-c4ccc(OC(F)(F)F)cc4)c3=O)ccnc2c1. The van der Waals surface area contributed by atoms with Crippen LogP contribution in [-0.2, 0) is 6.54 Å². The van der Waals surface area contributed by atoms with Crippen LogP contribution in [0.1, 0.15) is 11.1 Å². The van der Waals surface area contributed by atoms with E-state index in [1.54, 1.807) is 12.3 Å². The molecule has 0 saturated carbocycles. The fourth-order valence-corrected chi connectivity index (χ4v) is 3.27. The number of imidazole rings is 1. The van der Waals surface area contributed by atoms with Gasteiger partial charge in [-0.15, -0.1) is 13.2 Å². The number of rotatable bonds is 4. The van der Waals surface area contributed by atoms with Crippen LogP contribution in [0.25, 0.3) is 16.6 Å². The predicted octanol–water partition coefficient (Wildman–Crippen LogP) is 4.15. The Balaban J connectivity index is 1.67. The monoisotopic (exact) mass is 415 g/mol. The van der Waals surface area contributed by atoms with Gasteiger partial charge in [-0.05, 0) is 54.4 Å². The van der Waals surface area contributed by atoms with Gasteiger partial charge in [0.1, 0.15) is 5.75 Å². The molecule has 2 aromatic carbocycles. The van der Waals surface area contributed by atoms with E-state index in [1.165, 1.54) is 22.9 Å². The number of aromatic nitrogens is 3. The number of pyridine rings is 1. The van der Waals surface area contributed by atoms with E-state index < -0.39 is 17.8 Å². The first kappa shape index (κ1) is 19.6. The number of aryl methyl sites for hydroxylation is 1. The second-order valence-corrected chi connectivity index (χ2v) is 6.77. The summed E-state index contributed by atoms with van der Waals surface area (Å²) in [5, 5.41) is 11.2. The number of ether oxygens (including phenoxy) is 1. The van der Waals surface area contributed by atoms with Gasteiger partial charge >= 0.3 is 12.1 Å². The first-order chi connectivity index (χ1) is 14.2. The van der Waals surface area contributed by atoms with E-state index in [0.717, 1.165) is 38.7 Å². The molecule has 9 heteroatoms. The minimum absolute atomic E-state index is 0.191. The summed E-state index contributed by atoms with van der Waals surface area (Å²) in [6.45, 7) is 2.15. The number of hydrogen-bond acceptors (Lipinski definition) is 4. The highest BCUT2D eigenvalue weighted by Gasteiger charge is 2.31. The number of fused-ring (bicyclic) bond motifs is 1. The van der Waals surface area contributed by atoms with Crippen LogP contribution < -0.4 is 10.4 Å². The number of alkyl halides is 3. The summed E-state index contributed by atoms with van der Waals surface area (Å²) < 4.78 is 43.1. The Morgan fingerprint density at radius 2 is 1.83 bits per heavy atom. The van der Waals surface area contributed by atoms with Crippen LogP contribution in [0.5, 0.6) is 11.6 Å². The third kappa shape index (κ3) is 3.86. The van der Waals surface area contributed by atoms with Crippen molar-refractivity contribution in [3.05, 3.63) is 82.5 Å². The van der Waals surface area contributed by atoms with Crippen LogP contribution in [0, 0.1) is 6.92 Å². The number of nitrogens with zero attached hydrogens (tertiary/aromatic N) is 3. The molecule has 0 saturated heterocycles. The molecule has 4 aromatic rings. The van der Waals surface area contributed by atoms with Gasteiger partial charge in [0.05, 0.1) is 23.9 Å². The van der Waals surface area contributed by atoms with Gasteiger partial charge < -0.3 is 9.84 Å². The molecule has 0 aliphatic rings. The molecule has 1 N–H and O–H groups in total. The van der Waals surface area contributed by atoms with Crippen molar-refractivity contribution in [1.29, 1.82) is 0 Å². The van der Waals surface area contributed by atoms with Crippen LogP contribution in [0.2, 0.25) is 0 Å². The summed E-state index contributed by atoms with van der Waals surface area (Å²) in [5.74, 6) is -0.754. The molecule has 0 atom stereocenters. The Morgan fingerprint density at radius 1 is 1.10 bits per heavy atom. The lowest BCUT2D eigenvalue weighted by Gasteiger charge is -2.09. The molecule has 0 unspecified atom stereocenters. The third-order valence-corrected chi connectivity index (χ3v) is 4.60. The van der Waals surface area contributed by atoms with Crippen molar-refractivity contribution in [2.24, 2.45) is 0 Å². The zero-order valence-corrected chi connectivity index (χ0v) is 15.7. The van der Waals surface area contributed by atoms with Crippen LogP contribution in [0.3, 0.4) is 0 Å². The maximum Gasteiger partial charge on any atom is 0.573 e. The van der Waals surface area contributed by atoms with Gasteiger partial charge in [0, 0.05) is 11.6 Å². The lowest BCUT2D eigenvalue weighted by atomic mass is 10.1. The Hall–Kier alpha value is -3.75. The maximum atomic E-state index is 12.8. The molecular formula is C21H16F3N3O3. The molecule has 0 amide bonds. The summed E-state index contributed by atoms with van der Waals surface area (Å²) in [4.78, 5) is 17.2. The van der Waals surface area contributed by atoms with Gasteiger partial charge in [-0.3, -0.25) is 9.55 Å². The molecular weight excluding hydrogens is 399 g/mol. The van der Waals surface area contributed by atoms with E-state index in [0.29, 0.717) is 0 Å². The first-order valence-corrected chi connectivity index (χ1v) is 8.93. The van der Waals surface area contributed by atoms with Gasteiger partial charge in [-0.2, -0.15) is 0 Å². The molecule has 154 valence electrons. The number of aromatic hydroxyl groups is 1. The molecule has 2 heterocycles. The smallest absolute Gasteiger partial charge is 0.493 e. The topological polar surface area (TPSA) is 69.3 Å². The molecule has 0 aliphatic heterocycles. The van der Waals surface area contributed by atoms with Crippen molar-refractivity contribution in [3.8, 4) is 17.3 Å². The number of hydrogen-bond donors (Lipinski definition) is 1. The second-order valence-electron chi connectivity index (χ2n) is 6.77. The van der Waals surface area contributed by atoms with Crippen LogP contribution in [0.15, 0.2) is 65.7 Å². The summed E-state index contributed by atoms with van der Waals surface area (Å²) in [5.41, 5.74) is 2.37. The Labute approximate surface area is 168 Å². The second kappa shape index (κ2) is 7.25. The minimum Gasteiger partial charge on any atom is -0.493 e. The van der Waals surface area contributed by atoms with E-state index in [-0.39, 0.29) is 18.1 Å². The van der Waals surface area contributed by atoms with E-state index in [1.807, 2.05) is 25.1 Å². The van der Waals surface area contributed by atoms with Crippen LogP contribution in [-0.4, -0.2) is 25.6 Å². The minimum atomic E-state index is -4.81. The van der Waals surface area contributed by atoms with Crippen LogP contribution in [0.4, 0.5) is 13.2 Å². The zero-order valence-electron chi connectivity index (χ0n) is 15.7. The van der Waals surface area contributed by atoms with Crippen LogP contribution >= 0.6 is 0 Å². The van der Waals surface area contributed by atoms with E-state index in [2.05, 4.69) is 9.72 Å². The summed E-state index contributed by atoms with van der Waals surface area (Å²) in [6, 6.07) is 12.3. The van der Waals surface area contributed by atoms with E-state index in [9.17, 15) is 23.1 Å². The summed E-state index contributed by atoms with van der Waals surface area (Å²) >= 11 is 0. The summed E-state index contributed by atoms with van der Waals surface area (Å²) in [7, 11) is 0. The van der Waals surface area contributed by atoms with Crippen molar-refractivity contribution in [2.75, 3.05) is 0 Å². The highest BCUT2D eigenvalue weighted by Crippen LogP contribution is 2.25. The largest absolute Gasteiger partial charge is 0.573 e. The highest BCUT2D eigenvalue weighted by molar-refractivity contribution is 5.82. The molecule has 0 aliphatic carbocycles. The lowest BCUT2D eigenvalue weighted by molar-refractivity contribution is -0.274.